The van der Waals surface area contributed by atoms with Gasteiger partial charge >= 0.3 is 0 Å². The van der Waals surface area contributed by atoms with Gasteiger partial charge in [0.05, 0.1) is 22.2 Å². The number of aryl methyl sites for hydroxylation is 2. The Morgan fingerprint density at radius 1 is 0.939 bits per heavy atom. The molecule has 1 amide bonds. The second-order valence-corrected chi connectivity index (χ2v) is 9.34. The van der Waals surface area contributed by atoms with Gasteiger partial charge in [0, 0.05) is 22.6 Å². The molecule has 4 aromatic rings. The number of amides is 1. The highest BCUT2D eigenvalue weighted by atomic mass is 32.2. The molecule has 1 atom stereocenters. The molecule has 3 aromatic carbocycles. The summed E-state index contributed by atoms with van der Waals surface area (Å²) in [5.41, 5.74) is 4.34. The Labute approximate surface area is 196 Å². The molecule has 1 heterocycles. The minimum Gasteiger partial charge on any atom is -0.441 e. The van der Waals surface area contributed by atoms with Gasteiger partial charge < -0.3 is 9.73 Å². The van der Waals surface area contributed by atoms with Gasteiger partial charge in [0.1, 0.15) is 5.76 Å². The van der Waals surface area contributed by atoms with Gasteiger partial charge in [-0.2, -0.15) is 0 Å². The molecular formula is C27H26N2O3S. The summed E-state index contributed by atoms with van der Waals surface area (Å²) >= 11 is 0. The zero-order chi connectivity index (χ0) is 23.2. The van der Waals surface area contributed by atoms with Crippen LogP contribution in [-0.2, 0) is 23.0 Å². The van der Waals surface area contributed by atoms with Crippen molar-refractivity contribution in [2.75, 3.05) is 6.54 Å². The van der Waals surface area contributed by atoms with E-state index in [2.05, 4.69) is 10.3 Å². The minimum atomic E-state index is -1.20. The van der Waals surface area contributed by atoms with Crippen LogP contribution in [0.4, 0.5) is 0 Å². The van der Waals surface area contributed by atoms with Crippen molar-refractivity contribution < 1.29 is 13.4 Å². The Bertz CT molecular complexity index is 1250. The highest BCUT2D eigenvalue weighted by molar-refractivity contribution is 7.84. The smallest absolute Gasteiger partial charge is 0.251 e. The van der Waals surface area contributed by atoms with Crippen molar-refractivity contribution in [3.05, 3.63) is 107 Å². The predicted octanol–water partition coefficient (Wildman–Crippen LogP) is 5.24. The van der Waals surface area contributed by atoms with Gasteiger partial charge in [-0.15, -0.1) is 0 Å². The van der Waals surface area contributed by atoms with Crippen LogP contribution in [0.25, 0.3) is 11.5 Å². The summed E-state index contributed by atoms with van der Waals surface area (Å²) < 4.78 is 18.5. The molecule has 0 spiro atoms. The van der Waals surface area contributed by atoms with Gasteiger partial charge in [-0.1, -0.05) is 48.0 Å². The number of carbonyl (C=O) groups is 1. The number of aromatic nitrogens is 1. The molecule has 1 unspecified atom stereocenters. The molecule has 4 rings (SSSR count). The van der Waals surface area contributed by atoms with E-state index in [0.717, 1.165) is 22.4 Å². The molecule has 1 N–H and O–H groups in total. The molecule has 0 saturated carbocycles. The number of nitrogens with one attached hydrogen (secondary N) is 1. The van der Waals surface area contributed by atoms with Crippen LogP contribution in [0.2, 0.25) is 0 Å². The van der Waals surface area contributed by atoms with E-state index in [1.165, 1.54) is 5.56 Å². The van der Waals surface area contributed by atoms with Gasteiger partial charge in [-0.3, -0.25) is 9.00 Å². The van der Waals surface area contributed by atoms with Crippen molar-refractivity contribution in [2.24, 2.45) is 0 Å². The number of rotatable bonds is 8. The SMILES string of the molecule is Cc1ccc(S(=O)Cc2nc(-c3ccc(C(=O)NCCc4ccccc4)cc3)oc2C)cc1. The third kappa shape index (κ3) is 5.84. The molecule has 168 valence electrons. The first-order valence-corrected chi connectivity index (χ1v) is 12.2. The first-order valence-electron chi connectivity index (χ1n) is 10.8. The molecule has 1 aromatic heterocycles. The largest absolute Gasteiger partial charge is 0.441 e. The maximum Gasteiger partial charge on any atom is 0.251 e. The summed E-state index contributed by atoms with van der Waals surface area (Å²) in [6.07, 6.45) is 0.785. The van der Waals surface area contributed by atoms with Gasteiger partial charge in [0.25, 0.3) is 5.91 Å². The van der Waals surface area contributed by atoms with Gasteiger partial charge in [0.15, 0.2) is 0 Å². The number of oxazole rings is 1. The molecule has 0 radical (unpaired) electrons. The van der Waals surface area contributed by atoms with Crippen LogP contribution in [0, 0.1) is 13.8 Å². The van der Waals surface area contributed by atoms with E-state index in [-0.39, 0.29) is 5.91 Å². The second-order valence-electron chi connectivity index (χ2n) is 7.89. The van der Waals surface area contributed by atoms with E-state index >= 15 is 0 Å². The van der Waals surface area contributed by atoms with Crippen molar-refractivity contribution >= 4 is 16.7 Å². The Balaban J connectivity index is 1.38. The fourth-order valence-electron chi connectivity index (χ4n) is 3.41. The normalized spacial score (nSPS) is 11.8. The Morgan fingerprint density at radius 3 is 2.33 bits per heavy atom. The van der Waals surface area contributed by atoms with Crippen LogP contribution in [0.1, 0.15) is 32.9 Å². The zero-order valence-corrected chi connectivity index (χ0v) is 19.5. The molecule has 6 heteroatoms. The standard InChI is InChI=1S/C27H26N2O3S/c1-19-8-14-24(15-9-19)33(31)18-25-20(2)32-27(29-25)23-12-10-22(11-13-23)26(30)28-17-16-21-6-4-3-5-7-21/h3-15H,16-18H2,1-2H3,(H,28,30). The quantitative estimate of drug-likeness (QED) is 0.392. The topological polar surface area (TPSA) is 72.2 Å². The molecule has 0 aliphatic rings. The molecule has 0 bridgehead atoms. The highest BCUT2D eigenvalue weighted by Gasteiger charge is 2.16. The summed E-state index contributed by atoms with van der Waals surface area (Å²) in [5.74, 6) is 1.28. The monoisotopic (exact) mass is 458 g/mol. The lowest BCUT2D eigenvalue weighted by Gasteiger charge is -2.06. The fraction of sp³-hybridized carbons (Fsp3) is 0.185. The summed E-state index contributed by atoms with van der Waals surface area (Å²) in [6.45, 7) is 4.40. The summed E-state index contributed by atoms with van der Waals surface area (Å²) in [7, 11) is -1.20. The van der Waals surface area contributed by atoms with Crippen LogP contribution in [0.3, 0.4) is 0 Å². The maximum atomic E-state index is 12.7. The number of nitrogens with zero attached hydrogens (tertiary/aromatic N) is 1. The van der Waals surface area contributed by atoms with E-state index in [1.807, 2.05) is 80.6 Å². The van der Waals surface area contributed by atoms with E-state index < -0.39 is 10.8 Å². The van der Waals surface area contributed by atoms with Crippen molar-refractivity contribution in [1.82, 2.24) is 10.3 Å². The summed E-state index contributed by atoms with van der Waals surface area (Å²) in [4.78, 5) is 17.8. The Morgan fingerprint density at radius 2 is 1.64 bits per heavy atom. The van der Waals surface area contributed by atoms with Gasteiger partial charge in [-0.25, -0.2) is 4.98 Å². The highest BCUT2D eigenvalue weighted by Crippen LogP contribution is 2.24. The third-order valence-electron chi connectivity index (χ3n) is 5.38. The van der Waals surface area contributed by atoms with Gasteiger partial charge in [-0.05, 0) is 62.2 Å². The van der Waals surface area contributed by atoms with Crippen LogP contribution >= 0.6 is 0 Å². The summed E-state index contributed by atoms with van der Waals surface area (Å²) in [6, 6.07) is 24.9. The van der Waals surface area contributed by atoms with Crippen LogP contribution in [0.5, 0.6) is 0 Å². The molecule has 5 nitrogen and oxygen atoms in total. The van der Waals surface area contributed by atoms with E-state index in [0.29, 0.717) is 35.2 Å². The van der Waals surface area contributed by atoms with Crippen molar-refractivity contribution in [3.8, 4) is 11.5 Å². The van der Waals surface area contributed by atoms with Crippen LogP contribution in [0.15, 0.2) is 88.2 Å². The number of hydrogen-bond donors (Lipinski definition) is 1. The van der Waals surface area contributed by atoms with E-state index in [4.69, 9.17) is 4.42 Å². The van der Waals surface area contributed by atoms with Crippen molar-refractivity contribution in [2.45, 2.75) is 30.9 Å². The lowest BCUT2D eigenvalue weighted by Crippen LogP contribution is -2.25. The third-order valence-corrected chi connectivity index (χ3v) is 6.71. The van der Waals surface area contributed by atoms with E-state index in [9.17, 15) is 9.00 Å². The molecule has 0 aliphatic heterocycles. The van der Waals surface area contributed by atoms with Crippen molar-refractivity contribution in [1.29, 1.82) is 0 Å². The Kier molecular flexibility index (Phi) is 7.15. The number of benzene rings is 3. The molecule has 0 fully saturated rings. The minimum absolute atomic E-state index is 0.116. The summed E-state index contributed by atoms with van der Waals surface area (Å²) in [5, 5.41) is 2.95. The predicted molar refractivity (Wildman–Crippen MR) is 130 cm³/mol. The second kappa shape index (κ2) is 10.4. The zero-order valence-electron chi connectivity index (χ0n) is 18.7. The van der Waals surface area contributed by atoms with Crippen LogP contribution < -0.4 is 5.32 Å². The molecule has 0 saturated heterocycles. The van der Waals surface area contributed by atoms with Crippen molar-refractivity contribution in [3.63, 3.8) is 0 Å². The number of carbonyl (C=O) groups excluding carboxylic acids is 1. The lowest BCUT2D eigenvalue weighted by atomic mass is 10.1. The average molecular weight is 459 g/mol. The molecule has 33 heavy (non-hydrogen) atoms. The lowest BCUT2D eigenvalue weighted by molar-refractivity contribution is 0.0954. The average Bonchev–Trinajstić information content (AvgIpc) is 3.20. The van der Waals surface area contributed by atoms with Gasteiger partial charge in [0.2, 0.25) is 5.89 Å². The molecule has 0 aliphatic carbocycles. The number of hydrogen-bond acceptors (Lipinski definition) is 4. The fourth-order valence-corrected chi connectivity index (χ4v) is 4.54. The first kappa shape index (κ1) is 22.7. The van der Waals surface area contributed by atoms with E-state index in [1.54, 1.807) is 12.1 Å². The van der Waals surface area contributed by atoms with Crippen LogP contribution in [-0.4, -0.2) is 21.6 Å². The molecular weight excluding hydrogens is 432 g/mol. The maximum absolute atomic E-state index is 12.7. The Hall–Kier alpha value is -3.51. The first-order chi connectivity index (χ1) is 16.0.